The van der Waals surface area contributed by atoms with Crippen LogP contribution in [0.15, 0.2) is 12.2 Å². The van der Waals surface area contributed by atoms with E-state index in [1.54, 1.807) is 0 Å². The standard InChI is InChI=1S/C23H44O5/c1-2-3-4-5-6-7-8-9-10-11-12-13-14-15-16-17-27-21(18-24)23-22(26)20(25)19-28-23/h10-11,20-26H,2-9,12-19H2,1H3/b11-10+/t20-,21+,22+,23+/m0/s1. The van der Waals surface area contributed by atoms with Crippen molar-refractivity contribution in [2.45, 2.75) is 115 Å². The first kappa shape index (κ1) is 25.6. The monoisotopic (exact) mass is 400 g/mol. The van der Waals surface area contributed by atoms with Crippen molar-refractivity contribution in [2.75, 3.05) is 19.8 Å². The number of aliphatic hydroxyl groups excluding tert-OH is 3. The van der Waals surface area contributed by atoms with Gasteiger partial charge in [-0.05, 0) is 32.1 Å². The molecular weight excluding hydrogens is 356 g/mol. The number of rotatable bonds is 18. The highest BCUT2D eigenvalue weighted by Crippen LogP contribution is 2.20. The number of hydrogen-bond donors (Lipinski definition) is 3. The molecule has 0 bridgehead atoms. The van der Waals surface area contributed by atoms with Gasteiger partial charge in [0.1, 0.15) is 24.4 Å². The molecule has 1 saturated heterocycles. The van der Waals surface area contributed by atoms with Crippen molar-refractivity contribution < 1.29 is 24.8 Å². The van der Waals surface area contributed by atoms with Crippen molar-refractivity contribution in [1.82, 2.24) is 0 Å². The Hall–Kier alpha value is -0.460. The van der Waals surface area contributed by atoms with Crippen molar-refractivity contribution in [3.05, 3.63) is 12.2 Å². The molecule has 1 rings (SSSR count). The maximum absolute atomic E-state index is 9.82. The van der Waals surface area contributed by atoms with E-state index in [0.29, 0.717) is 6.61 Å². The fourth-order valence-electron chi connectivity index (χ4n) is 3.61. The Kier molecular flexibility index (Phi) is 15.9. The summed E-state index contributed by atoms with van der Waals surface area (Å²) < 4.78 is 11.0. The van der Waals surface area contributed by atoms with Crippen LogP contribution in [0.3, 0.4) is 0 Å². The Balaban J connectivity index is 1.88. The van der Waals surface area contributed by atoms with E-state index in [1.807, 2.05) is 0 Å². The van der Waals surface area contributed by atoms with Gasteiger partial charge >= 0.3 is 0 Å². The minimum atomic E-state index is -0.981. The van der Waals surface area contributed by atoms with Gasteiger partial charge in [0, 0.05) is 6.61 Å². The molecule has 0 aromatic heterocycles. The Bertz CT molecular complexity index is 374. The summed E-state index contributed by atoms with van der Waals surface area (Å²) >= 11 is 0. The molecule has 0 spiro atoms. The minimum Gasteiger partial charge on any atom is -0.394 e. The molecule has 5 heteroatoms. The average molecular weight is 401 g/mol. The second-order valence-corrected chi connectivity index (χ2v) is 8.03. The summed E-state index contributed by atoms with van der Waals surface area (Å²) in [5, 5.41) is 28.7. The Morgan fingerprint density at radius 2 is 1.46 bits per heavy atom. The summed E-state index contributed by atoms with van der Waals surface area (Å²) in [4.78, 5) is 0. The molecular formula is C23H44O5. The summed E-state index contributed by atoms with van der Waals surface area (Å²) in [7, 11) is 0. The fourth-order valence-corrected chi connectivity index (χ4v) is 3.61. The van der Waals surface area contributed by atoms with Gasteiger partial charge in [0.2, 0.25) is 0 Å². The third kappa shape index (κ3) is 11.5. The SMILES string of the molecule is CCCCCCCCC/C=C/CCCCCCO[C@H](CO)[C@H]1OC[C@H](O)[C@H]1O. The van der Waals surface area contributed by atoms with Crippen LogP contribution in [-0.2, 0) is 9.47 Å². The topological polar surface area (TPSA) is 79.2 Å². The molecule has 166 valence electrons. The van der Waals surface area contributed by atoms with Gasteiger partial charge in [-0.3, -0.25) is 0 Å². The Morgan fingerprint density at radius 3 is 2.00 bits per heavy atom. The molecule has 0 aromatic rings. The van der Waals surface area contributed by atoms with E-state index in [-0.39, 0.29) is 13.2 Å². The predicted molar refractivity (Wildman–Crippen MR) is 113 cm³/mol. The smallest absolute Gasteiger partial charge is 0.114 e. The molecule has 0 amide bonds. The Labute approximate surface area is 172 Å². The summed E-state index contributed by atoms with van der Waals surface area (Å²) in [6.45, 7) is 2.69. The number of ether oxygens (including phenoxy) is 2. The summed E-state index contributed by atoms with van der Waals surface area (Å²) in [5.41, 5.74) is 0. The molecule has 0 saturated carbocycles. The first-order valence-electron chi connectivity index (χ1n) is 11.6. The number of hydrogen-bond acceptors (Lipinski definition) is 5. The molecule has 0 aliphatic carbocycles. The van der Waals surface area contributed by atoms with Crippen LogP contribution in [0.1, 0.15) is 90.4 Å². The summed E-state index contributed by atoms with van der Waals surface area (Å²) in [5.74, 6) is 0. The van der Waals surface area contributed by atoms with Gasteiger partial charge < -0.3 is 24.8 Å². The molecule has 28 heavy (non-hydrogen) atoms. The third-order valence-corrected chi connectivity index (χ3v) is 5.47. The predicted octanol–water partition coefficient (Wildman–Crippen LogP) is 4.13. The molecule has 0 unspecified atom stereocenters. The van der Waals surface area contributed by atoms with Crippen LogP contribution in [0, 0.1) is 0 Å². The Morgan fingerprint density at radius 1 is 0.893 bits per heavy atom. The highest BCUT2D eigenvalue weighted by molar-refractivity contribution is 4.88. The zero-order chi connectivity index (χ0) is 20.5. The summed E-state index contributed by atoms with van der Waals surface area (Å²) in [6, 6.07) is 0. The second kappa shape index (κ2) is 17.4. The second-order valence-electron chi connectivity index (χ2n) is 8.03. The number of unbranched alkanes of at least 4 members (excludes halogenated alkanes) is 11. The van der Waals surface area contributed by atoms with Gasteiger partial charge in [0.15, 0.2) is 0 Å². The van der Waals surface area contributed by atoms with Gasteiger partial charge in [-0.25, -0.2) is 0 Å². The molecule has 1 heterocycles. The minimum absolute atomic E-state index is 0.0954. The zero-order valence-electron chi connectivity index (χ0n) is 17.9. The van der Waals surface area contributed by atoms with Gasteiger partial charge in [-0.1, -0.05) is 70.4 Å². The van der Waals surface area contributed by atoms with Crippen LogP contribution in [0.2, 0.25) is 0 Å². The van der Waals surface area contributed by atoms with Gasteiger partial charge in [0.05, 0.1) is 13.2 Å². The fraction of sp³-hybridized carbons (Fsp3) is 0.913. The zero-order valence-corrected chi connectivity index (χ0v) is 17.9. The van der Waals surface area contributed by atoms with Crippen molar-refractivity contribution in [1.29, 1.82) is 0 Å². The van der Waals surface area contributed by atoms with E-state index in [0.717, 1.165) is 19.3 Å². The molecule has 1 fully saturated rings. The molecule has 3 N–H and O–H groups in total. The highest BCUT2D eigenvalue weighted by atomic mass is 16.6. The van der Waals surface area contributed by atoms with E-state index in [9.17, 15) is 15.3 Å². The normalized spacial score (nSPS) is 23.6. The van der Waals surface area contributed by atoms with Crippen molar-refractivity contribution >= 4 is 0 Å². The first-order chi connectivity index (χ1) is 13.7. The van der Waals surface area contributed by atoms with E-state index in [4.69, 9.17) is 9.47 Å². The highest BCUT2D eigenvalue weighted by Gasteiger charge is 2.40. The molecule has 1 aliphatic rings. The van der Waals surface area contributed by atoms with E-state index in [2.05, 4.69) is 19.1 Å². The largest absolute Gasteiger partial charge is 0.394 e. The van der Waals surface area contributed by atoms with Crippen LogP contribution < -0.4 is 0 Å². The quantitative estimate of drug-likeness (QED) is 0.238. The maximum atomic E-state index is 9.82. The van der Waals surface area contributed by atoms with Crippen LogP contribution in [0.25, 0.3) is 0 Å². The van der Waals surface area contributed by atoms with Gasteiger partial charge in [0.25, 0.3) is 0 Å². The number of aliphatic hydroxyl groups is 3. The lowest BCUT2D eigenvalue weighted by molar-refractivity contribution is -0.101. The molecule has 5 nitrogen and oxygen atoms in total. The number of allylic oxidation sites excluding steroid dienone is 2. The van der Waals surface area contributed by atoms with Crippen LogP contribution >= 0.6 is 0 Å². The molecule has 1 aliphatic heterocycles. The lowest BCUT2D eigenvalue weighted by Gasteiger charge is -2.24. The van der Waals surface area contributed by atoms with Crippen LogP contribution in [0.4, 0.5) is 0 Å². The molecule has 4 atom stereocenters. The molecule has 0 aromatic carbocycles. The summed E-state index contributed by atoms with van der Waals surface area (Å²) in [6.07, 6.45) is 17.9. The van der Waals surface area contributed by atoms with Gasteiger partial charge in [-0.15, -0.1) is 0 Å². The van der Waals surface area contributed by atoms with Gasteiger partial charge in [-0.2, -0.15) is 0 Å². The lowest BCUT2D eigenvalue weighted by atomic mass is 10.1. The van der Waals surface area contributed by atoms with E-state index >= 15 is 0 Å². The van der Waals surface area contributed by atoms with Crippen molar-refractivity contribution in [3.8, 4) is 0 Å². The van der Waals surface area contributed by atoms with Crippen LogP contribution in [-0.4, -0.2) is 59.6 Å². The average Bonchev–Trinajstić information content (AvgIpc) is 3.03. The van der Waals surface area contributed by atoms with E-state index < -0.39 is 24.4 Å². The lowest BCUT2D eigenvalue weighted by Crippen LogP contribution is -2.42. The van der Waals surface area contributed by atoms with Crippen LogP contribution in [0.5, 0.6) is 0 Å². The maximum Gasteiger partial charge on any atom is 0.114 e. The molecule has 0 radical (unpaired) electrons. The first-order valence-corrected chi connectivity index (χ1v) is 11.6. The third-order valence-electron chi connectivity index (χ3n) is 5.47. The van der Waals surface area contributed by atoms with E-state index in [1.165, 1.54) is 64.2 Å². The van der Waals surface area contributed by atoms with Crippen molar-refractivity contribution in [2.24, 2.45) is 0 Å². The van der Waals surface area contributed by atoms with Crippen molar-refractivity contribution in [3.63, 3.8) is 0 Å².